The van der Waals surface area contributed by atoms with Crippen molar-refractivity contribution in [2.75, 3.05) is 13.2 Å². The average molecular weight is 220 g/mol. The highest BCUT2D eigenvalue weighted by molar-refractivity contribution is 8.01. The van der Waals surface area contributed by atoms with Gasteiger partial charge in [-0.15, -0.1) is 11.8 Å². The van der Waals surface area contributed by atoms with Crippen LogP contribution < -0.4 is 0 Å². The Kier molecular flexibility index (Phi) is 7.99. The van der Waals surface area contributed by atoms with E-state index in [1.807, 2.05) is 20.8 Å². The summed E-state index contributed by atoms with van der Waals surface area (Å²) in [4.78, 5) is 11.4. The number of carbonyl (C=O) groups excluding carboxylic acids is 1. The van der Waals surface area contributed by atoms with Crippen molar-refractivity contribution in [3.05, 3.63) is 0 Å². The van der Waals surface area contributed by atoms with Crippen molar-refractivity contribution in [2.24, 2.45) is 0 Å². The predicted molar refractivity (Wildman–Crippen MR) is 59.5 cm³/mol. The molecule has 0 rings (SSSR count). The maximum absolute atomic E-state index is 11.4. The molecule has 84 valence electrons. The van der Waals surface area contributed by atoms with Crippen LogP contribution in [-0.2, 0) is 9.53 Å². The highest BCUT2D eigenvalue weighted by atomic mass is 32.2. The first-order valence-electron chi connectivity index (χ1n) is 5.08. The lowest BCUT2D eigenvalue weighted by Crippen LogP contribution is -2.22. The first-order chi connectivity index (χ1) is 6.65. The van der Waals surface area contributed by atoms with Crippen LogP contribution in [0.5, 0.6) is 0 Å². The molecule has 3 nitrogen and oxygen atoms in total. The minimum Gasteiger partial charge on any atom is -0.465 e. The van der Waals surface area contributed by atoms with Crippen molar-refractivity contribution in [1.82, 2.24) is 0 Å². The van der Waals surface area contributed by atoms with Crippen LogP contribution >= 0.6 is 11.8 Å². The van der Waals surface area contributed by atoms with Crippen LogP contribution in [-0.4, -0.2) is 34.8 Å². The van der Waals surface area contributed by atoms with E-state index in [-0.39, 0.29) is 17.8 Å². The molecule has 0 spiro atoms. The minimum absolute atomic E-state index is 0.0866. The molecular weight excluding hydrogens is 200 g/mol. The van der Waals surface area contributed by atoms with Gasteiger partial charge in [-0.25, -0.2) is 0 Å². The number of esters is 1. The van der Waals surface area contributed by atoms with Crippen LogP contribution in [0.15, 0.2) is 0 Å². The van der Waals surface area contributed by atoms with Crippen LogP contribution in [0.2, 0.25) is 0 Å². The second kappa shape index (κ2) is 8.12. The lowest BCUT2D eigenvalue weighted by Gasteiger charge is -2.17. The third-order valence-corrected chi connectivity index (χ3v) is 3.41. The first-order valence-corrected chi connectivity index (χ1v) is 6.02. The molecule has 14 heavy (non-hydrogen) atoms. The van der Waals surface area contributed by atoms with Gasteiger partial charge in [0.25, 0.3) is 0 Å². The van der Waals surface area contributed by atoms with Gasteiger partial charge in [0, 0.05) is 11.9 Å². The Bertz CT molecular complexity index is 161. The topological polar surface area (TPSA) is 46.5 Å². The lowest BCUT2D eigenvalue weighted by atomic mass is 10.3. The minimum atomic E-state index is -0.134. The van der Waals surface area contributed by atoms with Crippen LogP contribution in [0.1, 0.15) is 33.6 Å². The fourth-order valence-corrected chi connectivity index (χ4v) is 2.26. The lowest BCUT2D eigenvalue weighted by molar-refractivity contribution is -0.142. The molecule has 2 atom stereocenters. The van der Waals surface area contributed by atoms with Crippen LogP contribution in [0, 0.1) is 0 Å². The Morgan fingerprint density at radius 2 is 2.14 bits per heavy atom. The Hall–Kier alpha value is -0.220. The molecule has 0 bridgehead atoms. The second-order valence-electron chi connectivity index (χ2n) is 3.11. The van der Waals surface area contributed by atoms with Crippen molar-refractivity contribution in [3.63, 3.8) is 0 Å². The molecule has 0 saturated heterocycles. The van der Waals surface area contributed by atoms with Crippen molar-refractivity contribution in [1.29, 1.82) is 0 Å². The van der Waals surface area contributed by atoms with Gasteiger partial charge in [0.2, 0.25) is 0 Å². The normalized spacial score (nSPS) is 14.9. The number of thioether (sulfide) groups is 1. The molecule has 0 aromatic heterocycles. The quantitative estimate of drug-likeness (QED) is 0.665. The Morgan fingerprint density at radius 1 is 1.50 bits per heavy atom. The van der Waals surface area contributed by atoms with E-state index < -0.39 is 0 Å². The fourth-order valence-electron chi connectivity index (χ4n) is 1.08. The summed E-state index contributed by atoms with van der Waals surface area (Å²) in [7, 11) is 0. The molecule has 0 aliphatic heterocycles. The van der Waals surface area contributed by atoms with Gasteiger partial charge in [-0.05, 0) is 19.8 Å². The van der Waals surface area contributed by atoms with Crippen molar-refractivity contribution in [3.8, 4) is 0 Å². The third-order valence-electron chi connectivity index (χ3n) is 1.85. The summed E-state index contributed by atoms with van der Waals surface area (Å²) in [6.07, 6.45) is 1.50. The maximum atomic E-state index is 11.4. The van der Waals surface area contributed by atoms with Gasteiger partial charge < -0.3 is 9.84 Å². The van der Waals surface area contributed by atoms with Gasteiger partial charge in [0.05, 0.1) is 6.61 Å². The van der Waals surface area contributed by atoms with Crippen LogP contribution in [0.25, 0.3) is 0 Å². The Balaban J connectivity index is 3.94. The molecule has 0 aliphatic rings. The van der Waals surface area contributed by atoms with Gasteiger partial charge in [-0.3, -0.25) is 4.79 Å². The Labute approximate surface area is 90.2 Å². The second-order valence-corrected chi connectivity index (χ2v) is 4.75. The Morgan fingerprint density at radius 3 is 2.57 bits per heavy atom. The number of carbonyl (C=O) groups is 1. The van der Waals surface area contributed by atoms with Crippen LogP contribution in [0.3, 0.4) is 0 Å². The van der Waals surface area contributed by atoms with E-state index in [4.69, 9.17) is 9.84 Å². The van der Waals surface area contributed by atoms with Gasteiger partial charge in [0.15, 0.2) is 0 Å². The van der Waals surface area contributed by atoms with E-state index in [1.54, 1.807) is 11.8 Å². The monoisotopic (exact) mass is 220 g/mol. The molecular formula is C10H20O3S. The highest BCUT2D eigenvalue weighted by Crippen LogP contribution is 2.23. The SMILES string of the molecule is CCOC(=O)C(CC)SC(C)CCO. The molecule has 0 aliphatic carbocycles. The first kappa shape index (κ1) is 13.8. The standard InChI is InChI=1S/C10H20O3S/c1-4-9(10(12)13-5-2)14-8(3)6-7-11/h8-9,11H,4-7H2,1-3H3. The highest BCUT2D eigenvalue weighted by Gasteiger charge is 2.20. The zero-order valence-electron chi connectivity index (χ0n) is 9.16. The van der Waals surface area contributed by atoms with Gasteiger partial charge in [0.1, 0.15) is 5.25 Å². The molecule has 0 amide bonds. The molecule has 0 radical (unpaired) electrons. The summed E-state index contributed by atoms with van der Waals surface area (Å²) >= 11 is 1.58. The van der Waals surface area contributed by atoms with E-state index in [0.717, 1.165) is 12.8 Å². The molecule has 0 aromatic rings. The smallest absolute Gasteiger partial charge is 0.319 e. The molecule has 0 aromatic carbocycles. The number of rotatable bonds is 7. The number of ether oxygens (including phenoxy) is 1. The predicted octanol–water partition coefficient (Wildman–Crippen LogP) is 1.83. The zero-order valence-corrected chi connectivity index (χ0v) is 9.97. The van der Waals surface area contributed by atoms with Gasteiger partial charge in [-0.1, -0.05) is 13.8 Å². The summed E-state index contributed by atoms with van der Waals surface area (Å²) in [5, 5.41) is 8.95. The van der Waals surface area contributed by atoms with E-state index >= 15 is 0 Å². The summed E-state index contributed by atoms with van der Waals surface area (Å²) < 4.78 is 4.95. The van der Waals surface area contributed by atoms with Crippen LogP contribution in [0.4, 0.5) is 0 Å². The summed E-state index contributed by atoms with van der Waals surface area (Å²) in [5.74, 6) is -0.134. The van der Waals surface area contributed by atoms with E-state index in [9.17, 15) is 4.79 Å². The number of aliphatic hydroxyl groups is 1. The van der Waals surface area contributed by atoms with Crippen molar-refractivity contribution in [2.45, 2.75) is 44.1 Å². The molecule has 1 N–H and O–H groups in total. The molecule has 0 heterocycles. The molecule has 0 saturated carbocycles. The number of hydrogen-bond acceptors (Lipinski definition) is 4. The fraction of sp³-hybridized carbons (Fsp3) is 0.900. The van der Waals surface area contributed by atoms with Gasteiger partial charge >= 0.3 is 5.97 Å². The van der Waals surface area contributed by atoms with Gasteiger partial charge in [-0.2, -0.15) is 0 Å². The maximum Gasteiger partial charge on any atom is 0.319 e. The zero-order chi connectivity index (χ0) is 11.0. The van der Waals surface area contributed by atoms with E-state index in [0.29, 0.717) is 11.9 Å². The molecule has 4 heteroatoms. The van der Waals surface area contributed by atoms with E-state index in [1.165, 1.54) is 0 Å². The van der Waals surface area contributed by atoms with Crippen molar-refractivity contribution < 1.29 is 14.6 Å². The largest absolute Gasteiger partial charge is 0.465 e. The summed E-state index contributed by atoms with van der Waals surface area (Å²) in [6.45, 7) is 6.41. The summed E-state index contributed by atoms with van der Waals surface area (Å²) in [5.41, 5.74) is 0. The molecule has 2 unspecified atom stereocenters. The number of hydrogen-bond donors (Lipinski definition) is 1. The van der Waals surface area contributed by atoms with E-state index in [2.05, 4.69) is 0 Å². The summed E-state index contributed by atoms with van der Waals surface area (Å²) in [6, 6.07) is 0. The number of aliphatic hydroxyl groups excluding tert-OH is 1. The van der Waals surface area contributed by atoms with Crippen molar-refractivity contribution >= 4 is 17.7 Å². The molecule has 0 fully saturated rings. The average Bonchev–Trinajstić information content (AvgIpc) is 2.15. The third kappa shape index (κ3) is 5.50.